The van der Waals surface area contributed by atoms with Crippen LogP contribution in [0.2, 0.25) is 5.02 Å². The Morgan fingerprint density at radius 1 is 1.19 bits per heavy atom. The van der Waals surface area contributed by atoms with Gasteiger partial charge in [-0.1, -0.05) is 11.6 Å². The number of nitrogens with one attached hydrogen (secondary N) is 1. The predicted molar refractivity (Wildman–Crippen MR) is 127 cm³/mol. The Balaban J connectivity index is 1.91. The molecule has 0 atom stereocenters. The summed E-state index contributed by atoms with van der Waals surface area (Å²) in [6, 6.07) is 16.3. The zero-order valence-electron chi connectivity index (χ0n) is 18.4. The molecular weight excluding hydrogens is 426 g/mol. The zero-order chi connectivity index (χ0) is 23.3. The largest absolute Gasteiger partial charge is 0.495 e. The number of methoxy groups -OCH3 is 1. The number of anilines is 1. The van der Waals surface area contributed by atoms with Crippen LogP contribution < -0.4 is 14.8 Å². The Kier molecular flexibility index (Phi) is 7.24. The number of nitrogens with zero attached hydrogens (tertiary/aromatic N) is 2. The molecule has 32 heavy (non-hydrogen) atoms. The van der Waals surface area contributed by atoms with Crippen molar-refractivity contribution in [2.45, 2.75) is 20.8 Å². The molecular formula is C25H24ClN3O3. The molecule has 1 amide bonds. The van der Waals surface area contributed by atoms with Crippen LogP contribution in [0.4, 0.5) is 5.69 Å². The fourth-order valence-corrected chi connectivity index (χ4v) is 3.61. The minimum absolute atomic E-state index is 0.00260. The van der Waals surface area contributed by atoms with Crippen LogP contribution >= 0.6 is 11.6 Å². The maximum atomic E-state index is 12.7. The van der Waals surface area contributed by atoms with Gasteiger partial charge in [0.1, 0.15) is 23.1 Å². The van der Waals surface area contributed by atoms with E-state index >= 15 is 0 Å². The molecule has 0 aliphatic carbocycles. The van der Waals surface area contributed by atoms with E-state index in [1.54, 1.807) is 49.6 Å². The van der Waals surface area contributed by atoms with Gasteiger partial charge in [0.15, 0.2) is 0 Å². The third kappa shape index (κ3) is 4.96. The number of benzene rings is 2. The number of amides is 1. The average Bonchev–Trinajstić information content (AvgIpc) is 3.06. The summed E-state index contributed by atoms with van der Waals surface area (Å²) in [5.41, 5.74) is 3.88. The van der Waals surface area contributed by atoms with E-state index in [9.17, 15) is 10.1 Å². The first-order chi connectivity index (χ1) is 15.4. The smallest absolute Gasteiger partial charge is 0.266 e. The van der Waals surface area contributed by atoms with E-state index in [1.807, 2.05) is 43.5 Å². The van der Waals surface area contributed by atoms with Crippen LogP contribution in [-0.2, 0) is 4.79 Å². The number of ether oxygens (including phenoxy) is 2. The Morgan fingerprint density at radius 3 is 2.53 bits per heavy atom. The third-order valence-electron chi connectivity index (χ3n) is 4.94. The van der Waals surface area contributed by atoms with Crippen molar-refractivity contribution in [3.63, 3.8) is 0 Å². The fourth-order valence-electron chi connectivity index (χ4n) is 3.45. The van der Waals surface area contributed by atoms with Crippen molar-refractivity contribution in [2.75, 3.05) is 19.0 Å². The van der Waals surface area contributed by atoms with Crippen LogP contribution in [0.15, 0.2) is 54.1 Å². The number of hydrogen-bond acceptors (Lipinski definition) is 4. The normalized spacial score (nSPS) is 11.1. The molecule has 0 radical (unpaired) electrons. The number of aryl methyl sites for hydroxylation is 1. The van der Waals surface area contributed by atoms with Gasteiger partial charge in [0.05, 0.1) is 19.4 Å². The molecule has 3 rings (SSSR count). The van der Waals surface area contributed by atoms with Crippen LogP contribution in [0.1, 0.15) is 23.9 Å². The van der Waals surface area contributed by atoms with E-state index in [2.05, 4.69) is 5.32 Å². The molecule has 0 aliphatic rings. The second-order valence-electron chi connectivity index (χ2n) is 7.06. The summed E-state index contributed by atoms with van der Waals surface area (Å²) in [4.78, 5) is 12.7. The van der Waals surface area contributed by atoms with E-state index < -0.39 is 5.91 Å². The van der Waals surface area contributed by atoms with Crippen LogP contribution in [-0.4, -0.2) is 24.2 Å². The SMILES string of the molecule is CCOc1ccc(NC(=O)/C(C#N)=C\c2cc(C)n(-c3cc(Cl)ccc3OC)c2C)cc1. The van der Waals surface area contributed by atoms with Gasteiger partial charge in [0.2, 0.25) is 0 Å². The Bertz CT molecular complexity index is 1200. The number of hydrogen-bond donors (Lipinski definition) is 1. The summed E-state index contributed by atoms with van der Waals surface area (Å²) in [5, 5.41) is 12.9. The fraction of sp³-hybridized carbons (Fsp3) is 0.200. The number of rotatable bonds is 7. The zero-order valence-corrected chi connectivity index (χ0v) is 19.2. The molecule has 0 saturated heterocycles. The number of halogens is 1. The Labute approximate surface area is 192 Å². The number of carbonyl (C=O) groups is 1. The summed E-state index contributed by atoms with van der Waals surface area (Å²) in [6.45, 7) is 6.32. The standard InChI is InChI=1S/C25H24ClN3O3/c1-5-32-22-9-7-21(8-10-22)28-25(30)19(15-27)13-18-12-16(2)29(17(18)3)23-14-20(26)6-11-24(23)31-4/h6-14H,5H2,1-4H3,(H,28,30)/b19-13-. The molecule has 164 valence electrons. The highest BCUT2D eigenvalue weighted by atomic mass is 35.5. The highest BCUT2D eigenvalue weighted by Gasteiger charge is 2.16. The molecule has 3 aromatic rings. The molecule has 0 bridgehead atoms. The van der Waals surface area contributed by atoms with Gasteiger partial charge in [0, 0.05) is 22.1 Å². The van der Waals surface area contributed by atoms with Gasteiger partial charge in [-0.3, -0.25) is 4.79 Å². The predicted octanol–water partition coefficient (Wildman–Crippen LogP) is 5.70. The lowest BCUT2D eigenvalue weighted by Crippen LogP contribution is -2.13. The second-order valence-corrected chi connectivity index (χ2v) is 7.50. The lowest BCUT2D eigenvalue weighted by Gasteiger charge is -2.14. The van der Waals surface area contributed by atoms with Gasteiger partial charge in [-0.25, -0.2) is 0 Å². The van der Waals surface area contributed by atoms with Crippen molar-refractivity contribution in [3.8, 4) is 23.3 Å². The van der Waals surface area contributed by atoms with Crippen molar-refractivity contribution in [1.82, 2.24) is 4.57 Å². The molecule has 0 saturated carbocycles. The van der Waals surface area contributed by atoms with E-state index in [4.69, 9.17) is 21.1 Å². The average molecular weight is 450 g/mol. The van der Waals surface area contributed by atoms with Gasteiger partial charge < -0.3 is 19.4 Å². The number of aromatic nitrogens is 1. The minimum Gasteiger partial charge on any atom is -0.495 e. The van der Waals surface area contributed by atoms with Crippen molar-refractivity contribution in [3.05, 3.63) is 76.1 Å². The van der Waals surface area contributed by atoms with Crippen LogP contribution in [0, 0.1) is 25.2 Å². The van der Waals surface area contributed by atoms with Gasteiger partial charge in [0.25, 0.3) is 5.91 Å². The molecule has 2 aromatic carbocycles. The number of carbonyl (C=O) groups excluding carboxylic acids is 1. The maximum absolute atomic E-state index is 12.7. The van der Waals surface area contributed by atoms with Gasteiger partial charge in [-0.15, -0.1) is 0 Å². The van der Waals surface area contributed by atoms with E-state index in [0.29, 0.717) is 28.8 Å². The molecule has 1 heterocycles. The van der Waals surface area contributed by atoms with Crippen molar-refractivity contribution >= 4 is 29.3 Å². The van der Waals surface area contributed by atoms with Gasteiger partial charge in [-0.2, -0.15) is 5.26 Å². The van der Waals surface area contributed by atoms with Crippen molar-refractivity contribution in [2.24, 2.45) is 0 Å². The van der Waals surface area contributed by atoms with Crippen LogP contribution in [0.3, 0.4) is 0 Å². The van der Waals surface area contributed by atoms with Crippen molar-refractivity contribution < 1.29 is 14.3 Å². The first-order valence-electron chi connectivity index (χ1n) is 10.1. The van der Waals surface area contributed by atoms with Gasteiger partial charge >= 0.3 is 0 Å². The molecule has 6 nitrogen and oxygen atoms in total. The Hall–Kier alpha value is -3.69. The monoisotopic (exact) mass is 449 g/mol. The summed E-state index contributed by atoms with van der Waals surface area (Å²) in [5.74, 6) is 0.896. The highest BCUT2D eigenvalue weighted by Crippen LogP contribution is 2.31. The first kappa shape index (κ1) is 23.0. The third-order valence-corrected chi connectivity index (χ3v) is 5.18. The van der Waals surface area contributed by atoms with E-state index in [0.717, 1.165) is 22.6 Å². The Morgan fingerprint density at radius 2 is 1.91 bits per heavy atom. The van der Waals surface area contributed by atoms with Gasteiger partial charge in [-0.05, 0) is 80.9 Å². The molecule has 0 aliphatic heterocycles. The molecule has 0 fully saturated rings. The van der Waals surface area contributed by atoms with Crippen molar-refractivity contribution in [1.29, 1.82) is 5.26 Å². The maximum Gasteiger partial charge on any atom is 0.266 e. The van der Waals surface area contributed by atoms with E-state index in [-0.39, 0.29) is 5.57 Å². The number of nitriles is 1. The summed E-state index contributed by atoms with van der Waals surface area (Å²) >= 11 is 6.20. The molecule has 1 N–H and O–H groups in total. The highest BCUT2D eigenvalue weighted by molar-refractivity contribution is 6.30. The van der Waals surface area contributed by atoms with Crippen LogP contribution in [0.5, 0.6) is 11.5 Å². The molecule has 0 spiro atoms. The summed E-state index contributed by atoms with van der Waals surface area (Å²) in [7, 11) is 1.60. The lowest BCUT2D eigenvalue weighted by atomic mass is 10.1. The summed E-state index contributed by atoms with van der Waals surface area (Å²) in [6.07, 6.45) is 1.58. The summed E-state index contributed by atoms with van der Waals surface area (Å²) < 4.78 is 12.9. The minimum atomic E-state index is -0.484. The van der Waals surface area contributed by atoms with E-state index in [1.165, 1.54) is 0 Å². The van der Waals surface area contributed by atoms with Crippen LogP contribution in [0.25, 0.3) is 11.8 Å². The second kappa shape index (κ2) is 10.1. The molecule has 1 aromatic heterocycles. The quantitative estimate of drug-likeness (QED) is 0.370. The topological polar surface area (TPSA) is 76.3 Å². The lowest BCUT2D eigenvalue weighted by molar-refractivity contribution is -0.112. The molecule has 0 unspecified atom stereocenters. The molecule has 7 heteroatoms. The first-order valence-corrected chi connectivity index (χ1v) is 10.4.